The molecular formula is C11H24ClNO. The lowest BCUT2D eigenvalue weighted by molar-refractivity contribution is 0.0680. The van der Waals surface area contributed by atoms with Gasteiger partial charge in [0.05, 0.1) is 0 Å². The van der Waals surface area contributed by atoms with Gasteiger partial charge in [0.1, 0.15) is 5.56 Å². The van der Waals surface area contributed by atoms with Crippen LogP contribution < -0.4 is 0 Å². The van der Waals surface area contributed by atoms with Crippen LogP contribution in [0.2, 0.25) is 0 Å². The molecule has 1 aliphatic rings. The quantitative estimate of drug-likeness (QED) is 0.680. The smallest absolute Gasteiger partial charge is 0.131 e. The van der Waals surface area contributed by atoms with Crippen LogP contribution >= 0.6 is 11.6 Å². The van der Waals surface area contributed by atoms with E-state index in [0.29, 0.717) is 0 Å². The maximum absolute atomic E-state index is 5.59. The van der Waals surface area contributed by atoms with Crippen molar-refractivity contribution in [2.24, 2.45) is 0 Å². The van der Waals surface area contributed by atoms with Gasteiger partial charge in [0.15, 0.2) is 0 Å². The van der Waals surface area contributed by atoms with Crippen LogP contribution in [0, 0.1) is 0 Å². The molecule has 0 aromatic carbocycles. The Hall–Kier alpha value is 0.210. The molecule has 1 atom stereocenters. The van der Waals surface area contributed by atoms with E-state index in [1.54, 1.807) is 0 Å². The van der Waals surface area contributed by atoms with E-state index in [9.17, 15) is 0 Å². The average Bonchev–Trinajstić information content (AvgIpc) is 2.22. The highest BCUT2D eigenvalue weighted by Crippen LogP contribution is 2.14. The summed E-state index contributed by atoms with van der Waals surface area (Å²) >= 11 is 5.59. The standard InChI is InChI=1S/C6H15N.C5H9ClO/c1-4-7(5-2)6-3;6-5-3-1-2-4-7-5/h4-6H2,1-3H3;5H,1-4H2. The van der Waals surface area contributed by atoms with Gasteiger partial charge in [-0.1, -0.05) is 32.4 Å². The predicted molar refractivity (Wildman–Crippen MR) is 62.9 cm³/mol. The largest absolute Gasteiger partial charge is 0.362 e. The fraction of sp³-hybridized carbons (Fsp3) is 1.00. The summed E-state index contributed by atoms with van der Waals surface area (Å²) in [6, 6.07) is 0. The molecule has 0 aromatic rings. The lowest BCUT2D eigenvalue weighted by Gasteiger charge is -2.15. The first-order chi connectivity index (χ1) is 6.74. The molecular weight excluding hydrogens is 198 g/mol. The predicted octanol–water partition coefficient (Wildman–Crippen LogP) is 3.10. The molecule has 1 unspecified atom stereocenters. The van der Waals surface area contributed by atoms with E-state index in [0.717, 1.165) is 13.0 Å². The van der Waals surface area contributed by atoms with E-state index in [1.165, 1.54) is 32.5 Å². The third kappa shape index (κ3) is 7.60. The molecule has 0 spiro atoms. The molecule has 1 aliphatic heterocycles. The molecule has 0 saturated carbocycles. The van der Waals surface area contributed by atoms with Gasteiger partial charge in [0, 0.05) is 6.61 Å². The zero-order chi connectivity index (χ0) is 10.8. The average molecular weight is 222 g/mol. The first-order valence-corrected chi connectivity index (χ1v) is 6.16. The van der Waals surface area contributed by atoms with Crippen LogP contribution in [0.3, 0.4) is 0 Å². The number of alkyl halides is 1. The molecule has 86 valence electrons. The normalized spacial score (nSPS) is 21.6. The summed E-state index contributed by atoms with van der Waals surface area (Å²) in [6.45, 7) is 11.0. The minimum absolute atomic E-state index is 0.00810. The highest BCUT2D eigenvalue weighted by Gasteiger charge is 2.08. The van der Waals surface area contributed by atoms with Crippen molar-refractivity contribution in [2.75, 3.05) is 26.2 Å². The van der Waals surface area contributed by atoms with Crippen molar-refractivity contribution in [3.05, 3.63) is 0 Å². The monoisotopic (exact) mass is 221 g/mol. The second kappa shape index (κ2) is 9.75. The molecule has 1 rings (SSSR count). The second-order valence-electron chi connectivity index (χ2n) is 3.40. The molecule has 3 heteroatoms. The SMILES string of the molecule is CCN(CC)CC.ClC1CCCCO1. The Bertz CT molecular complexity index is 106. The van der Waals surface area contributed by atoms with Crippen molar-refractivity contribution < 1.29 is 4.74 Å². The zero-order valence-corrected chi connectivity index (χ0v) is 10.5. The molecule has 14 heavy (non-hydrogen) atoms. The highest BCUT2D eigenvalue weighted by atomic mass is 35.5. The second-order valence-corrected chi connectivity index (χ2v) is 3.88. The molecule has 2 nitrogen and oxygen atoms in total. The zero-order valence-electron chi connectivity index (χ0n) is 9.76. The van der Waals surface area contributed by atoms with E-state index >= 15 is 0 Å². The van der Waals surface area contributed by atoms with Crippen molar-refractivity contribution in [3.63, 3.8) is 0 Å². The fourth-order valence-corrected chi connectivity index (χ4v) is 1.62. The first-order valence-electron chi connectivity index (χ1n) is 5.72. The Morgan fingerprint density at radius 2 is 1.71 bits per heavy atom. The summed E-state index contributed by atoms with van der Waals surface area (Å²) in [5, 5.41) is 0. The third-order valence-electron chi connectivity index (χ3n) is 2.47. The van der Waals surface area contributed by atoms with Crippen molar-refractivity contribution in [1.29, 1.82) is 0 Å². The summed E-state index contributed by atoms with van der Waals surface area (Å²) in [5.74, 6) is 0. The number of hydrogen-bond acceptors (Lipinski definition) is 2. The summed E-state index contributed by atoms with van der Waals surface area (Å²) in [7, 11) is 0. The summed E-state index contributed by atoms with van der Waals surface area (Å²) in [6.07, 6.45) is 3.44. The van der Waals surface area contributed by atoms with Gasteiger partial charge in [-0.15, -0.1) is 0 Å². The summed E-state index contributed by atoms with van der Waals surface area (Å²) < 4.78 is 5.04. The molecule has 1 heterocycles. The van der Waals surface area contributed by atoms with Gasteiger partial charge >= 0.3 is 0 Å². The lowest BCUT2D eigenvalue weighted by Crippen LogP contribution is -2.21. The van der Waals surface area contributed by atoms with Crippen LogP contribution in [0.25, 0.3) is 0 Å². The topological polar surface area (TPSA) is 12.5 Å². The van der Waals surface area contributed by atoms with Crippen LogP contribution in [-0.2, 0) is 4.74 Å². The number of rotatable bonds is 3. The number of ether oxygens (including phenoxy) is 1. The van der Waals surface area contributed by atoms with Crippen molar-refractivity contribution >= 4 is 11.6 Å². The van der Waals surface area contributed by atoms with Gasteiger partial charge in [-0.25, -0.2) is 0 Å². The molecule has 0 aromatic heterocycles. The molecule has 0 N–H and O–H groups in total. The van der Waals surface area contributed by atoms with Gasteiger partial charge in [-0.3, -0.25) is 0 Å². The maximum Gasteiger partial charge on any atom is 0.131 e. The Labute approximate surface area is 93.6 Å². The molecule has 1 saturated heterocycles. The van der Waals surface area contributed by atoms with Crippen molar-refractivity contribution in [2.45, 2.75) is 45.6 Å². The Morgan fingerprint density at radius 1 is 1.14 bits per heavy atom. The van der Waals surface area contributed by atoms with Gasteiger partial charge in [0.25, 0.3) is 0 Å². The molecule has 0 bridgehead atoms. The Balaban J connectivity index is 0.000000241. The summed E-state index contributed by atoms with van der Waals surface area (Å²) in [5.41, 5.74) is 0.00810. The van der Waals surface area contributed by atoms with E-state index < -0.39 is 0 Å². The Morgan fingerprint density at radius 3 is 1.86 bits per heavy atom. The van der Waals surface area contributed by atoms with E-state index in [-0.39, 0.29) is 5.56 Å². The Kier molecular flexibility index (Phi) is 9.90. The van der Waals surface area contributed by atoms with Crippen molar-refractivity contribution in [1.82, 2.24) is 4.90 Å². The van der Waals surface area contributed by atoms with Crippen LogP contribution in [0.15, 0.2) is 0 Å². The van der Waals surface area contributed by atoms with Crippen molar-refractivity contribution in [3.8, 4) is 0 Å². The first kappa shape index (κ1) is 14.2. The highest BCUT2D eigenvalue weighted by molar-refractivity contribution is 6.19. The van der Waals surface area contributed by atoms with E-state index in [1.807, 2.05) is 0 Å². The number of halogens is 1. The van der Waals surface area contributed by atoms with Gasteiger partial charge < -0.3 is 9.64 Å². The van der Waals surface area contributed by atoms with Gasteiger partial charge in [0.2, 0.25) is 0 Å². The fourth-order valence-electron chi connectivity index (χ4n) is 1.37. The molecule has 0 radical (unpaired) electrons. The van der Waals surface area contributed by atoms with Gasteiger partial charge in [-0.05, 0) is 38.9 Å². The molecule has 1 fully saturated rings. The van der Waals surface area contributed by atoms with E-state index in [2.05, 4.69) is 25.7 Å². The number of hydrogen-bond donors (Lipinski definition) is 0. The molecule has 0 aliphatic carbocycles. The minimum atomic E-state index is 0.00810. The minimum Gasteiger partial charge on any atom is -0.362 e. The number of nitrogens with zero attached hydrogens (tertiary/aromatic N) is 1. The maximum atomic E-state index is 5.59. The van der Waals surface area contributed by atoms with Crippen LogP contribution in [0.5, 0.6) is 0 Å². The summed E-state index contributed by atoms with van der Waals surface area (Å²) in [4.78, 5) is 2.38. The molecule has 0 amide bonds. The van der Waals surface area contributed by atoms with Crippen LogP contribution in [0.1, 0.15) is 40.0 Å². The third-order valence-corrected chi connectivity index (χ3v) is 2.81. The van der Waals surface area contributed by atoms with Gasteiger partial charge in [-0.2, -0.15) is 0 Å². The van der Waals surface area contributed by atoms with E-state index in [4.69, 9.17) is 16.3 Å². The van der Waals surface area contributed by atoms with Crippen LogP contribution in [-0.4, -0.2) is 36.7 Å². The lowest BCUT2D eigenvalue weighted by atomic mass is 10.2. The van der Waals surface area contributed by atoms with Crippen LogP contribution in [0.4, 0.5) is 0 Å².